The maximum Gasteiger partial charge on any atom is 0.307 e. The standard InChI is InChI=1S/C23H29FO8/c1-11(26)32-19-7-13(27)6-12-4-5-14-15-8-16(28)23(31,18(30)10-25)20(15,2)9-17(29)22(14,24)21(12,19)3/h6-7,14-17,25,28-29,31H,4-5,8-10H2,1-3H3/t14-,15-,16+,17-,20-,21+,22-,23?/m0/s1. The molecule has 0 aromatic rings. The van der Waals surface area contributed by atoms with Crippen molar-refractivity contribution in [3.8, 4) is 0 Å². The first-order valence-corrected chi connectivity index (χ1v) is 10.9. The zero-order chi connectivity index (χ0) is 23.9. The lowest BCUT2D eigenvalue weighted by Crippen LogP contribution is -2.70. The average Bonchev–Trinajstić information content (AvgIpc) is 2.90. The van der Waals surface area contributed by atoms with Crippen molar-refractivity contribution >= 4 is 17.5 Å². The fraction of sp³-hybridized carbons (Fsp3) is 0.696. The molecule has 0 aromatic carbocycles. The first-order chi connectivity index (χ1) is 14.8. The van der Waals surface area contributed by atoms with E-state index in [0.29, 0.717) is 5.57 Å². The predicted octanol–water partition coefficient (Wildman–Crippen LogP) is 0.511. The van der Waals surface area contributed by atoms with E-state index in [1.54, 1.807) is 0 Å². The number of alkyl halides is 1. The lowest BCUT2D eigenvalue weighted by Gasteiger charge is -2.62. The van der Waals surface area contributed by atoms with Gasteiger partial charge < -0.3 is 25.2 Å². The largest absolute Gasteiger partial charge is 0.430 e. The Morgan fingerprint density at radius 2 is 1.84 bits per heavy atom. The Bertz CT molecular complexity index is 958. The van der Waals surface area contributed by atoms with Gasteiger partial charge in [-0.05, 0) is 50.2 Å². The van der Waals surface area contributed by atoms with E-state index in [9.17, 15) is 34.8 Å². The monoisotopic (exact) mass is 452 g/mol. The maximum absolute atomic E-state index is 17.3. The van der Waals surface area contributed by atoms with Crippen molar-refractivity contribution in [3.05, 3.63) is 23.5 Å². The van der Waals surface area contributed by atoms with Gasteiger partial charge in [0.2, 0.25) is 0 Å². The molecule has 3 saturated carbocycles. The van der Waals surface area contributed by atoms with Crippen LogP contribution in [0.5, 0.6) is 0 Å². The Balaban J connectivity index is 1.87. The molecule has 3 fully saturated rings. The van der Waals surface area contributed by atoms with Crippen molar-refractivity contribution in [1.82, 2.24) is 0 Å². The summed E-state index contributed by atoms with van der Waals surface area (Å²) in [5, 5.41) is 42.6. The smallest absolute Gasteiger partial charge is 0.307 e. The van der Waals surface area contributed by atoms with E-state index < -0.39 is 70.3 Å². The summed E-state index contributed by atoms with van der Waals surface area (Å²) in [7, 11) is 0. The van der Waals surface area contributed by atoms with Crippen LogP contribution in [0.3, 0.4) is 0 Å². The van der Waals surface area contributed by atoms with Crippen LogP contribution in [0.25, 0.3) is 0 Å². The van der Waals surface area contributed by atoms with E-state index in [-0.39, 0.29) is 31.4 Å². The molecular formula is C23H29FO8. The average molecular weight is 452 g/mol. The number of carbonyl (C=O) groups excluding carboxylic acids is 3. The molecule has 0 spiro atoms. The fourth-order valence-electron chi connectivity index (χ4n) is 7.22. The molecule has 176 valence electrons. The van der Waals surface area contributed by atoms with Crippen LogP contribution in [0, 0.1) is 22.7 Å². The minimum absolute atomic E-state index is 0.0948. The van der Waals surface area contributed by atoms with Crippen LogP contribution >= 0.6 is 0 Å². The van der Waals surface area contributed by atoms with Crippen molar-refractivity contribution in [2.45, 2.75) is 69.9 Å². The Labute approximate surface area is 184 Å². The second-order valence-electron chi connectivity index (χ2n) is 10.1. The molecule has 4 N–H and O–H groups in total. The number of aliphatic hydroxyl groups excluding tert-OH is 3. The Morgan fingerprint density at radius 1 is 1.19 bits per heavy atom. The van der Waals surface area contributed by atoms with Crippen molar-refractivity contribution in [1.29, 1.82) is 0 Å². The summed E-state index contributed by atoms with van der Waals surface area (Å²) >= 11 is 0. The molecule has 4 aliphatic carbocycles. The summed E-state index contributed by atoms with van der Waals surface area (Å²) in [6.45, 7) is 3.17. The molecule has 0 saturated heterocycles. The Kier molecular flexibility index (Phi) is 5.10. The van der Waals surface area contributed by atoms with Gasteiger partial charge in [-0.2, -0.15) is 0 Å². The summed E-state index contributed by atoms with van der Waals surface area (Å²) in [5.74, 6) is -3.94. The van der Waals surface area contributed by atoms with Crippen molar-refractivity contribution < 1.29 is 43.9 Å². The number of rotatable bonds is 3. The van der Waals surface area contributed by atoms with Gasteiger partial charge in [-0.15, -0.1) is 0 Å². The zero-order valence-corrected chi connectivity index (χ0v) is 18.3. The molecule has 1 unspecified atom stereocenters. The highest BCUT2D eigenvalue weighted by Crippen LogP contribution is 2.70. The third-order valence-electron chi connectivity index (χ3n) is 8.81. The lowest BCUT2D eigenvalue weighted by molar-refractivity contribution is -0.228. The molecule has 4 rings (SSSR count). The molecule has 0 amide bonds. The summed E-state index contributed by atoms with van der Waals surface area (Å²) in [4.78, 5) is 36.5. The second kappa shape index (κ2) is 7.03. The molecule has 0 aromatic heterocycles. The Hall–Kier alpha value is -1.94. The minimum Gasteiger partial charge on any atom is -0.430 e. The highest BCUT2D eigenvalue weighted by atomic mass is 19.1. The number of Topliss-reactive ketones (excluding diaryl/α,β-unsaturated/α-hetero) is 1. The van der Waals surface area contributed by atoms with E-state index in [4.69, 9.17) is 4.74 Å². The van der Waals surface area contributed by atoms with Crippen molar-refractivity contribution in [3.63, 3.8) is 0 Å². The van der Waals surface area contributed by atoms with Crippen LogP contribution < -0.4 is 0 Å². The normalized spacial score (nSPS) is 47.6. The predicted molar refractivity (Wildman–Crippen MR) is 107 cm³/mol. The molecule has 8 atom stereocenters. The highest BCUT2D eigenvalue weighted by molar-refractivity contribution is 6.02. The Morgan fingerprint density at radius 3 is 2.44 bits per heavy atom. The molecule has 0 heterocycles. The number of carbonyl (C=O) groups is 3. The number of ether oxygens (including phenoxy) is 1. The van der Waals surface area contributed by atoms with Crippen molar-refractivity contribution in [2.75, 3.05) is 6.61 Å². The summed E-state index contributed by atoms with van der Waals surface area (Å²) in [6.07, 6.45) is -0.864. The van der Waals surface area contributed by atoms with Crippen LogP contribution in [-0.2, 0) is 19.1 Å². The van der Waals surface area contributed by atoms with E-state index in [2.05, 4.69) is 0 Å². The number of esters is 1. The first kappa shape index (κ1) is 23.2. The minimum atomic E-state index is -2.39. The van der Waals surface area contributed by atoms with Crippen LogP contribution in [-0.4, -0.2) is 68.0 Å². The number of aliphatic hydroxyl groups is 4. The molecule has 0 bridgehead atoms. The molecule has 8 nitrogen and oxygen atoms in total. The molecule has 9 heteroatoms. The van der Waals surface area contributed by atoms with Gasteiger partial charge >= 0.3 is 5.97 Å². The molecule has 0 aliphatic heterocycles. The number of halogens is 1. The second-order valence-corrected chi connectivity index (χ2v) is 10.1. The molecule has 32 heavy (non-hydrogen) atoms. The van der Waals surface area contributed by atoms with E-state index in [1.807, 2.05) is 0 Å². The van der Waals surface area contributed by atoms with Crippen molar-refractivity contribution in [2.24, 2.45) is 22.7 Å². The molecule has 0 radical (unpaired) electrons. The van der Waals surface area contributed by atoms with Gasteiger partial charge in [-0.25, -0.2) is 4.39 Å². The number of fused-ring (bicyclic) bond motifs is 5. The number of hydrogen-bond donors (Lipinski definition) is 4. The van der Waals surface area contributed by atoms with Gasteiger partial charge in [0.05, 0.1) is 17.6 Å². The zero-order valence-electron chi connectivity index (χ0n) is 18.3. The summed E-state index contributed by atoms with van der Waals surface area (Å²) in [5.41, 5.74) is -7.33. The van der Waals surface area contributed by atoms with Gasteiger partial charge in [0.15, 0.2) is 22.8 Å². The number of ketones is 2. The summed E-state index contributed by atoms with van der Waals surface area (Å²) in [6, 6.07) is 0. The van der Waals surface area contributed by atoms with Gasteiger partial charge in [0, 0.05) is 24.3 Å². The van der Waals surface area contributed by atoms with E-state index in [0.717, 1.165) is 13.0 Å². The van der Waals surface area contributed by atoms with Gasteiger partial charge in [-0.3, -0.25) is 14.4 Å². The van der Waals surface area contributed by atoms with Crippen LogP contribution in [0.4, 0.5) is 4.39 Å². The molecular weight excluding hydrogens is 423 g/mol. The SMILES string of the molecule is CC(=O)OC1=CC(=O)C=C2CC[C@H]3[C@@H]4C[C@@H](O)C(O)(C(=O)CO)[C@@]4(C)C[C@H](O)[C@]3(F)[C@]21C. The lowest BCUT2D eigenvalue weighted by atomic mass is 9.44. The maximum atomic E-state index is 17.3. The van der Waals surface area contributed by atoms with Crippen LogP contribution in [0.1, 0.15) is 46.5 Å². The van der Waals surface area contributed by atoms with Crippen LogP contribution in [0.2, 0.25) is 0 Å². The van der Waals surface area contributed by atoms with Gasteiger partial charge in [-0.1, -0.05) is 6.92 Å². The molecule has 4 aliphatic rings. The topological polar surface area (TPSA) is 141 Å². The quantitative estimate of drug-likeness (QED) is 0.454. The first-order valence-electron chi connectivity index (χ1n) is 10.9. The van der Waals surface area contributed by atoms with Gasteiger partial charge in [0.25, 0.3) is 0 Å². The summed E-state index contributed by atoms with van der Waals surface area (Å²) < 4.78 is 22.6. The third-order valence-corrected chi connectivity index (χ3v) is 8.81. The van der Waals surface area contributed by atoms with E-state index >= 15 is 4.39 Å². The number of allylic oxidation sites excluding steroid dienone is 3. The highest BCUT2D eigenvalue weighted by Gasteiger charge is 2.77. The van der Waals surface area contributed by atoms with Gasteiger partial charge in [0.1, 0.15) is 12.4 Å². The van der Waals surface area contributed by atoms with E-state index in [1.165, 1.54) is 19.9 Å². The third kappa shape index (κ3) is 2.53. The van der Waals surface area contributed by atoms with Crippen LogP contribution in [0.15, 0.2) is 23.5 Å². The fourth-order valence-corrected chi connectivity index (χ4v) is 7.22. The number of hydrogen-bond acceptors (Lipinski definition) is 8.